The highest BCUT2D eigenvalue weighted by atomic mass is 16.1. The molecule has 0 heterocycles. The van der Waals surface area contributed by atoms with Gasteiger partial charge in [0.25, 0.3) is 0 Å². The van der Waals surface area contributed by atoms with E-state index in [2.05, 4.69) is 5.32 Å². The molecule has 1 amide bonds. The van der Waals surface area contributed by atoms with Gasteiger partial charge in [-0.2, -0.15) is 0 Å². The number of amides is 1. The van der Waals surface area contributed by atoms with Gasteiger partial charge in [0, 0.05) is 6.54 Å². The lowest BCUT2D eigenvalue weighted by molar-refractivity contribution is -0.119. The molecule has 0 spiro atoms. The maximum atomic E-state index is 10.4. The van der Waals surface area contributed by atoms with Crippen LogP contribution in [0.15, 0.2) is 0 Å². The van der Waals surface area contributed by atoms with E-state index in [-0.39, 0.29) is 0 Å². The number of hydrogen-bond donors (Lipinski definition) is 4. The fraction of sp³-hybridized carbons (Fsp3) is 0.833. The Labute approximate surface area is 66.3 Å². The minimum atomic E-state index is -0.590. The van der Waals surface area contributed by atoms with E-state index >= 15 is 0 Å². The number of carbonyl (C=O) groups excluding carboxylic acids is 1. The van der Waals surface area contributed by atoms with E-state index in [1.54, 1.807) is 0 Å². The summed E-state index contributed by atoms with van der Waals surface area (Å²) in [4.78, 5) is 10.4. The molecule has 5 nitrogen and oxygen atoms in total. The van der Waals surface area contributed by atoms with Crippen LogP contribution in [-0.2, 0) is 4.79 Å². The Kier molecular flexibility index (Phi) is 5.73. The SMILES string of the molecule is NCCCNCC(N)C(N)=O. The lowest BCUT2D eigenvalue weighted by Gasteiger charge is -2.07. The van der Waals surface area contributed by atoms with Crippen molar-refractivity contribution in [3.8, 4) is 0 Å². The highest BCUT2D eigenvalue weighted by molar-refractivity contribution is 5.79. The van der Waals surface area contributed by atoms with Crippen LogP contribution in [-0.4, -0.2) is 31.6 Å². The van der Waals surface area contributed by atoms with Crippen molar-refractivity contribution in [2.24, 2.45) is 17.2 Å². The second-order valence-corrected chi connectivity index (χ2v) is 2.36. The van der Waals surface area contributed by atoms with Crippen LogP contribution in [0.4, 0.5) is 0 Å². The minimum Gasteiger partial charge on any atom is -0.368 e. The average molecular weight is 160 g/mol. The first-order valence-electron chi connectivity index (χ1n) is 3.64. The zero-order chi connectivity index (χ0) is 8.69. The Morgan fingerprint density at radius 2 is 2.18 bits per heavy atom. The van der Waals surface area contributed by atoms with Crippen LogP contribution in [0.2, 0.25) is 0 Å². The Morgan fingerprint density at radius 1 is 1.55 bits per heavy atom. The van der Waals surface area contributed by atoms with E-state index in [0.29, 0.717) is 13.1 Å². The van der Waals surface area contributed by atoms with Crippen molar-refractivity contribution in [2.45, 2.75) is 12.5 Å². The number of primary amides is 1. The molecule has 7 N–H and O–H groups in total. The van der Waals surface area contributed by atoms with Crippen molar-refractivity contribution in [3.05, 3.63) is 0 Å². The topological polar surface area (TPSA) is 107 Å². The Morgan fingerprint density at radius 3 is 2.64 bits per heavy atom. The summed E-state index contributed by atoms with van der Waals surface area (Å²) < 4.78 is 0. The van der Waals surface area contributed by atoms with Gasteiger partial charge in [0.2, 0.25) is 5.91 Å². The quantitative estimate of drug-likeness (QED) is 0.329. The predicted octanol–water partition coefficient (Wildman–Crippen LogP) is -2.26. The minimum absolute atomic E-state index is 0.426. The number of rotatable bonds is 6. The summed E-state index contributed by atoms with van der Waals surface area (Å²) in [5, 5.41) is 2.96. The maximum Gasteiger partial charge on any atom is 0.235 e. The molecule has 1 unspecified atom stereocenters. The first-order chi connectivity index (χ1) is 5.18. The molecule has 0 fully saturated rings. The van der Waals surface area contributed by atoms with Gasteiger partial charge < -0.3 is 22.5 Å². The van der Waals surface area contributed by atoms with Crippen LogP contribution in [0, 0.1) is 0 Å². The molecule has 0 rings (SSSR count). The molecule has 0 aromatic carbocycles. The zero-order valence-corrected chi connectivity index (χ0v) is 6.55. The van der Waals surface area contributed by atoms with Crippen molar-refractivity contribution in [3.63, 3.8) is 0 Å². The largest absolute Gasteiger partial charge is 0.368 e. The first-order valence-corrected chi connectivity index (χ1v) is 3.64. The van der Waals surface area contributed by atoms with Crippen LogP contribution in [0.3, 0.4) is 0 Å². The molecule has 0 aromatic heterocycles. The van der Waals surface area contributed by atoms with E-state index in [4.69, 9.17) is 17.2 Å². The van der Waals surface area contributed by atoms with Gasteiger partial charge in [0.1, 0.15) is 0 Å². The monoisotopic (exact) mass is 160 g/mol. The molecule has 11 heavy (non-hydrogen) atoms. The van der Waals surface area contributed by atoms with Crippen molar-refractivity contribution in [1.82, 2.24) is 5.32 Å². The lowest BCUT2D eigenvalue weighted by atomic mass is 10.3. The number of nitrogens with one attached hydrogen (secondary N) is 1. The molecule has 0 radical (unpaired) electrons. The lowest BCUT2D eigenvalue weighted by Crippen LogP contribution is -2.44. The second kappa shape index (κ2) is 6.09. The first kappa shape index (κ1) is 10.3. The van der Waals surface area contributed by atoms with E-state index in [9.17, 15) is 4.79 Å². The Balaban J connectivity index is 3.17. The van der Waals surface area contributed by atoms with E-state index in [1.165, 1.54) is 0 Å². The molecular formula is C6H16N4O. The standard InChI is InChI=1S/C6H16N4O/c7-2-1-3-10-4-5(8)6(9)11/h5,10H,1-4,7-8H2,(H2,9,11). The predicted molar refractivity (Wildman–Crippen MR) is 43.7 cm³/mol. The molecule has 66 valence electrons. The van der Waals surface area contributed by atoms with Gasteiger partial charge in [-0.3, -0.25) is 4.79 Å². The molecule has 1 atom stereocenters. The zero-order valence-electron chi connectivity index (χ0n) is 6.55. The number of nitrogens with two attached hydrogens (primary N) is 3. The smallest absolute Gasteiger partial charge is 0.235 e. The molecule has 0 saturated carbocycles. The summed E-state index contributed by atoms with van der Waals surface area (Å²) in [6, 6.07) is -0.590. The molecule has 0 saturated heterocycles. The molecule has 0 bridgehead atoms. The van der Waals surface area contributed by atoms with Crippen LogP contribution in [0.25, 0.3) is 0 Å². The Bertz CT molecular complexity index is 117. The highest BCUT2D eigenvalue weighted by Crippen LogP contribution is 1.74. The third-order valence-corrected chi connectivity index (χ3v) is 1.29. The van der Waals surface area contributed by atoms with Crippen molar-refractivity contribution in [1.29, 1.82) is 0 Å². The average Bonchev–Trinajstić information content (AvgIpc) is 1.97. The molecule has 0 aliphatic rings. The van der Waals surface area contributed by atoms with Crippen LogP contribution >= 0.6 is 0 Å². The van der Waals surface area contributed by atoms with Gasteiger partial charge >= 0.3 is 0 Å². The molecule has 5 heteroatoms. The number of carbonyl (C=O) groups is 1. The third kappa shape index (κ3) is 5.78. The summed E-state index contributed by atoms with van der Waals surface area (Å²) in [5.41, 5.74) is 15.5. The van der Waals surface area contributed by atoms with Gasteiger partial charge in [0.15, 0.2) is 0 Å². The van der Waals surface area contributed by atoms with Gasteiger partial charge in [-0.15, -0.1) is 0 Å². The Hall–Kier alpha value is -0.650. The summed E-state index contributed by atoms with van der Waals surface area (Å²) in [6.07, 6.45) is 0.880. The summed E-state index contributed by atoms with van der Waals surface area (Å²) in [5.74, 6) is -0.481. The summed E-state index contributed by atoms with van der Waals surface area (Å²) >= 11 is 0. The molecular weight excluding hydrogens is 144 g/mol. The van der Waals surface area contributed by atoms with E-state index in [1.807, 2.05) is 0 Å². The fourth-order valence-corrected chi connectivity index (χ4v) is 0.585. The van der Waals surface area contributed by atoms with Crippen LogP contribution in [0.1, 0.15) is 6.42 Å². The number of hydrogen-bond acceptors (Lipinski definition) is 4. The summed E-state index contributed by atoms with van der Waals surface area (Å²) in [6.45, 7) is 1.84. The van der Waals surface area contributed by atoms with Gasteiger partial charge in [-0.25, -0.2) is 0 Å². The van der Waals surface area contributed by atoms with Crippen LogP contribution < -0.4 is 22.5 Å². The molecule has 0 aliphatic heterocycles. The van der Waals surface area contributed by atoms with E-state index in [0.717, 1.165) is 13.0 Å². The van der Waals surface area contributed by atoms with Crippen molar-refractivity contribution < 1.29 is 4.79 Å². The highest BCUT2D eigenvalue weighted by Gasteiger charge is 2.06. The normalized spacial score (nSPS) is 12.9. The van der Waals surface area contributed by atoms with Gasteiger partial charge in [0.05, 0.1) is 6.04 Å². The summed E-state index contributed by atoms with van der Waals surface area (Å²) in [7, 11) is 0. The van der Waals surface area contributed by atoms with Gasteiger partial charge in [-0.05, 0) is 19.5 Å². The van der Waals surface area contributed by atoms with Crippen molar-refractivity contribution >= 4 is 5.91 Å². The molecule has 0 aliphatic carbocycles. The second-order valence-electron chi connectivity index (χ2n) is 2.36. The molecule has 0 aromatic rings. The fourth-order valence-electron chi connectivity index (χ4n) is 0.585. The van der Waals surface area contributed by atoms with Gasteiger partial charge in [-0.1, -0.05) is 0 Å². The maximum absolute atomic E-state index is 10.4. The third-order valence-electron chi connectivity index (χ3n) is 1.29. The van der Waals surface area contributed by atoms with E-state index < -0.39 is 11.9 Å². The van der Waals surface area contributed by atoms with Crippen LogP contribution in [0.5, 0.6) is 0 Å². The van der Waals surface area contributed by atoms with Crippen molar-refractivity contribution in [2.75, 3.05) is 19.6 Å².